The number of esters is 1. The number of amides is 1. The Labute approximate surface area is 96.6 Å². The minimum absolute atomic E-state index is 0.219. The van der Waals surface area contributed by atoms with Crippen LogP contribution in [0.25, 0.3) is 0 Å². The molecule has 0 saturated heterocycles. The van der Waals surface area contributed by atoms with E-state index in [0.717, 1.165) is 0 Å². The van der Waals surface area contributed by atoms with Gasteiger partial charge in [-0.2, -0.15) is 13.9 Å². The van der Waals surface area contributed by atoms with Gasteiger partial charge in [-0.3, -0.25) is 19.9 Å². The van der Waals surface area contributed by atoms with Crippen molar-refractivity contribution in [3.63, 3.8) is 0 Å². The molecule has 0 aliphatic heterocycles. The average Bonchev–Trinajstić information content (AvgIpc) is 2.16. The molecule has 0 aliphatic rings. The van der Waals surface area contributed by atoms with Gasteiger partial charge in [0.25, 0.3) is 5.56 Å². The summed E-state index contributed by atoms with van der Waals surface area (Å²) in [4.78, 5) is 21.6. The molecule has 7 N–H and O–H groups in total. The molecule has 0 saturated carbocycles. The number of ether oxygens (including phenoxy) is 1. The highest BCUT2D eigenvalue weighted by atomic mass is 32.2. The normalized spacial score (nSPS) is 15.0. The monoisotopic (exact) mass is 271 g/mol. The highest BCUT2D eigenvalue weighted by molar-refractivity contribution is 7.86. The Hall–Kier alpha value is -1.27. The molecule has 0 heterocycles. The van der Waals surface area contributed by atoms with Gasteiger partial charge >= 0.3 is 16.1 Å². The zero-order valence-corrected chi connectivity index (χ0v) is 9.38. The van der Waals surface area contributed by atoms with Crippen LogP contribution in [-0.4, -0.2) is 41.7 Å². The minimum Gasteiger partial charge on any atom is -0.428 e. The van der Waals surface area contributed by atoms with Gasteiger partial charge in [0.1, 0.15) is 6.04 Å². The molecule has 0 bridgehead atoms. The molecule has 0 aliphatic carbocycles. The van der Waals surface area contributed by atoms with E-state index in [-0.39, 0.29) is 12.8 Å². The molecule has 11 heteroatoms. The first-order valence-corrected chi connectivity index (χ1v) is 5.79. The maximum absolute atomic E-state index is 11.2. The molecule has 0 aromatic heterocycles. The lowest BCUT2D eigenvalue weighted by atomic mass is 10.1. The van der Waals surface area contributed by atoms with Crippen LogP contribution < -0.4 is 16.9 Å². The number of nitrogens with two attached hydrogens (primary N) is 2. The molecule has 0 spiro atoms. The van der Waals surface area contributed by atoms with Crippen molar-refractivity contribution in [1.29, 1.82) is 0 Å². The summed E-state index contributed by atoms with van der Waals surface area (Å²) in [6, 6.07) is -1.38. The van der Waals surface area contributed by atoms with Gasteiger partial charge in [0.15, 0.2) is 0 Å². The second-order valence-corrected chi connectivity index (χ2v) is 4.50. The molecule has 1 unspecified atom stereocenters. The first-order chi connectivity index (χ1) is 7.68. The van der Waals surface area contributed by atoms with Crippen LogP contribution in [0.3, 0.4) is 0 Å². The number of hydrogen-bond donors (Lipinski definition) is 5. The van der Waals surface area contributed by atoms with Gasteiger partial charge in [-0.1, -0.05) is 0 Å². The quantitative estimate of drug-likeness (QED) is 0.142. The van der Waals surface area contributed by atoms with Crippen LogP contribution in [0.5, 0.6) is 0 Å². The van der Waals surface area contributed by atoms with E-state index in [2.05, 4.69) is 4.74 Å². The van der Waals surface area contributed by atoms with Crippen molar-refractivity contribution < 1.29 is 32.5 Å². The topological polar surface area (TPSA) is 182 Å². The third-order valence-electron chi connectivity index (χ3n) is 1.65. The summed E-state index contributed by atoms with van der Waals surface area (Å²) in [7, 11) is -4.74. The molecule has 17 heavy (non-hydrogen) atoms. The molecule has 2 atom stereocenters. The average molecular weight is 271 g/mol. The van der Waals surface area contributed by atoms with Gasteiger partial charge < -0.3 is 15.7 Å². The van der Waals surface area contributed by atoms with Gasteiger partial charge in [-0.25, -0.2) is 0 Å². The molecule has 10 nitrogen and oxygen atoms in total. The van der Waals surface area contributed by atoms with Crippen molar-refractivity contribution in [2.45, 2.75) is 24.4 Å². The second-order valence-electron chi connectivity index (χ2n) is 3.01. The van der Waals surface area contributed by atoms with E-state index in [1.165, 1.54) is 5.48 Å². The van der Waals surface area contributed by atoms with Crippen LogP contribution in [0.15, 0.2) is 0 Å². The Kier molecular flexibility index (Phi) is 5.98. The van der Waals surface area contributed by atoms with E-state index >= 15 is 0 Å². The Morgan fingerprint density at radius 1 is 1.41 bits per heavy atom. The lowest BCUT2D eigenvalue weighted by molar-refractivity contribution is -0.151. The van der Waals surface area contributed by atoms with Crippen LogP contribution in [0.4, 0.5) is 0 Å². The Morgan fingerprint density at radius 2 is 1.94 bits per heavy atom. The summed E-state index contributed by atoms with van der Waals surface area (Å²) < 4.78 is 33.4. The minimum atomic E-state index is -4.74. The van der Waals surface area contributed by atoms with Crippen molar-refractivity contribution in [1.82, 2.24) is 5.48 Å². The number of hydrogen-bond acceptors (Lipinski definition) is 8. The second kappa shape index (κ2) is 6.46. The molecular weight excluding hydrogens is 258 g/mol. The lowest BCUT2D eigenvalue weighted by Gasteiger charge is -2.15. The van der Waals surface area contributed by atoms with Gasteiger partial charge in [0, 0.05) is 6.42 Å². The summed E-state index contributed by atoms with van der Waals surface area (Å²) in [5, 5.41) is 8.57. The van der Waals surface area contributed by atoms with E-state index in [1.54, 1.807) is 0 Å². The van der Waals surface area contributed by atoms with E-state index in [9.17, 15) is 18.0 Å². The molecular formula is C6H13N3O7S. The Bertz CT molecular complexity index is 381. The summed E-state index contributed by atoms with van der Waals surface area (Å²) in [6.45, 7) is 0. The number of hydroxylamine groups is 1. The van der Waals surface area contributed by atoms with Crippen LogP contribution in [-0.2, 0) is 24.4 Å². The standard InChI is InChI=1S/C6H13N3O7S/c7-4(10)2-1-3(9-12)5(11)16-6(8)17(13,14)15/h3,6,9,12H,1-2,8H2,(H2,7,10)(H,13,14,15)/t3-,6?/m1/s1. The van der Waals surface area contributed by atoms with Crippen LogP contribution in [0, 0.1) is 0 Å². The summed E-state index contributed by atoms with van der Waals surface area (Å²) in [6.07, 6.45) is -0.461. The van der Waals surface area contributed by atoms with Crippen molar-refractivity contribution in [2.24, 2.45) is 11.5 Å². The molecule has 100 valence electrons. The Morgan fingerprint density at radius 3 is 2.29 bits per heavy atom. The van der Waals surface area contributed by atoms with Crippen molar-refractivity contribution >= 4 is 22.0 Å². The third-order valence-corrected chi connectivity index (χ3v) is 2.33. The predicted octanol–water partition coefficient (Wildman–Crippen LogP) is -2.73. The van der Waals surface area contributed by atoms with Crippen LogP contribution in [0.2, 0.25) is 0 Å². The number of nitrogens with one attached hydrogen (secondary N) is 1. The van der Waals surface area contributed by atoms with E-state index in [0.29, 0.717) is 0 Å². The maximum Gasteiger partial charge on any atom is 0.327 e. The zero-order chi connectivity index (χ0) is 13.6. The fourth-order valence-corrected chi connectivity index (χ4v) is 0.996. The van der Waals surface area contributed by atoms with Crippen LogP contribution in [0.1, 0.15) is 12.8 Å². The third kappa shape index (κ3) is 6.13. The van der Waals surface area contributed by atoms with Crippen molar-refractivity contribution in [3.05, 3.63) is 0 Å². The van der Waals surface area contributed by atoms with E-state index in [1.807, 2.05) is 0 Å². The van der Waals surface area contributed by atoms with Crippen molar-refractivity contribution in [2.75, 3.05) is 0 Å². The summed E-state index contributed by atoms with van der Waals surface area (Å²) >= 11 is 0. The molecule has 1 amide bonds. The number of carbonyl (C=O) groups excluding carboxylic acids is 2. The van der Waals surface area contributed by atoms with Crippen LogP contribution >= 0.6 is 0 Å². The SMILES string of the molecule is NC(=O)CC[C@@H](NO)C(=O)OC(N)S(=O)(=O)O. The van der Waals surface area contributed by atoms with Gasteiger partial charge in [0.2, 0.25) is 5.91 Å². The molecule has 0 rings (SSSR count). The molecule has 0 aromatic carbocycles. The molecule has 0 fully saturated rings. The highest BCUT2D eigenvalue weighted by Gasteiger charge is 2.27. The predicted molar refractivity (Wildman–Crippen MR) is 52.8 cm³/mol. The smallest absolute Gasteiger partial charge is 0.327 e. The van der Waals surface area contributed by atoms with Gasteiger partial charge in [-0.15, -0.1) is 0 Å². The summed E-state index contributed by atoms with van der Waals surface area (Å²) in [5.41, 5.74) is 8.86. The first kappa shape index (κ1) is 15.7. The number of carbonyl (C=O) groups is 2. The first-order valence-electron chi connectivity index (χ1n) is 4.28. The summed E-state index contributed by atoms with van der Waals surface area (Å²) in [5.74, 6) is -1.98. The largest absolute Gasteiger partial charge is 0.428 e. The van der Waals surface area contributed by atoms with E-state index in [4.69, 9.17) is 21.2 Å². The fraction of sp³-hybridized carbons (Fsp3) is 0.667. The van der Waals surface area contributed by atoms with Gasteiger partial charge in [-0.05, 0) is 6.42 Å². The van der Waals surface area contributed by atoms with Crippen molar-refractivity contribution in [3.8, 4) is 0 Å². The fourth-order valence-electron chi connectivity index (χ4n) is 0.779. The molecule has 0 aromatic rings. The highest BCUT2D eigenvalue weighted by Crippen LogP contribution is 2.02. The van der Waals surface area contributed by atoms with E-state index < -0.39 is 33.6 Å². The number of primary amides is 1. The van der Waals surface area contributed by atoms with Gasteiger partial charge in [0.05, 0.1) is 0 Å². The number of rotatable bonds is 7. The Balaban J connectivity index is 4.41. The molecule has 0 radical (unpaired) electrons. The maximum atomic E-state index is 11.2. The zero-order valence-electron chi connectivity index (χ0n) is 8.57. The lowest BCUT2D eigenvalue weighted by Crippen LogP contribution is -2.43.